The minimum Gasteiger partial charge on any atom is -0.441 e. The van der Waals surface area contributed by atoms with Crippen LogP contribution in [0, 0.1) is 6.92 Å². The van der Waals surface area contributed by atoms with E-state index in [9.17, 15) is 4.79 Å². The molecule has 1 heterocycles. The van der Waals surface area contributed by atoms with E-state index in [2.05, 4.69) is 0 Å². The molecule has 5 rings (SSSR count). The molecule has 0 radical (unpaired) electrons. The first-order chi connectivity index (χ1) is 15.2. The summed E-state index contributed by atoms with van der Waals surface area (Å²) < 4.78 is 6.39. The van der Waals surface area contributed by atoms with Gasteiger partial charge in [0.25, 0.3) is 0 Å². The number of aliphatic imine (C=N–C) groups is 1. The van der Waals surface area contributed by atoms with Crippen LogP contribution in [0.2, 0.25) is 0 Å². The van der Waals surface area contributed by atoms with Gasteiger partial charge in [-0.05, 0) is 42.3 Å². The molecule has 0 spiro atoms. The number of nitrogens with zero attached hydrogens (tertiary/aromatic N) is 1. The summed E-state index contributed by atoms with van der Waals surface area (Å²) in [5.41, 5.74) is 2.82. The first-order valence-corrected chi connectivity index (χ1v) is 10.3. The fourth-order valence-corrected chi connectivity index (χ4v) is 4.12. The zero-order valence-electron chi connectivity index (χ0n) is 17.2. The van der Waals surface area contributed by atoms with Crippen LogP contribution in [0.25, 0.3) is 0 Å². The van der Waals surface area contributed by atoms with Gasteiger partial charge in [-0.25, -0.2) is 4.99 Å². The molecule has 31 heavy (non-hydrogen) atoms. The van der Waals surface area contributed by atoms with E-state index in [1.54, 1.807) is 0 Å². The molecule has 0 aliphatic carbocycles. The van der Waals surface area contributed by atoms with Crippen molar-refractivity contribution in [2.24, 2.45) is 4.99 Å². The Kier molecular flexibility index (Phi) is 4.72. The maximum absolute atomic E-state index is 14.2. The van der Waals surface area contributed by atoms with E-state index < -0.39 is 5.41 Å². The molecule has 0 fully saturated rings. The zero-order valence-corrected chi connectivity index (χ0v) is 17.2. The minimum absolute atomic E-state index is 0.0439. The smallest absolute Gasteiger partial charge is 0.218 e. The summed E-state index contributed by atoms with van der Waals surface area (Å²) in [7, 11) is 0. The Bertz CT molecular complexity index is 1220. The molecule has 0 atom stereocenters. The van der Waals surface area contributed by atoms with Crippen molar-refractivity contribution in [1.29, 1.82) is 0 Å². The molecular formula is C28H21NO2. The first kappa shape index (κ1) is 19.0. The topological polar surface area (TPSA) is 38.7 Å². The van der Waals surface area contributed by atoms with Crippen molar-refractivity contribution in [2.75, 3.05) is 0 Å². The lowest BCUT2D eigenvalue weighted by atomic mass is 9.67. The lowest BCUT2D eigenvalue weighted by molar-refractivity contribution is 0.0939. The normalized spacial score (nSPS) is 14.5. The number of rotatable bonds is 3. The van der Waals surface area contributed by atoms with Gasteiger partial charge in [0.05, 0.1) is 5.69 Å². The van der Waals surface area contributed by atoms with Gasteiger partial charge < -0.3 is 4.74 Å². The van der Waals surface area contributed by atoms with Gasteiger partial charge in [-0.3, -0.25) is 4.79 Å². The average molecular weight is 403 g/mol. The Balaban J connectivity index is 1.81. The largest absolute Gasteiger partial charge is 0.441 e. The first-order valence-electron chi connectivity index (χ1n) is 10.3. The molecule has 0 unspecified atom stereocenters. The predicted molar refractivity (Wildman–Crippen MR) is 123 cm³/mol. The molecular weight excluding hydrogens is 382 g/mol. The second-order valence-electron chi connectivity index (χ2n) is 7.66. The van der Waals surface area contributed by atoms with Crippen molar-refractivity contribution in [3.8, 4) is 5.75 Å². The number of para-hydroxylation sites is 1. The molecule has 4 aromatic rings. The third-order valence-corrected chi connectivity index (χ3v) is 5.68. The molecule has 1 aliphatic rings. The van der Waals surface area contributed by atoms with E-state index in [0.717, 1.165) is 16.7 Å². The third-order valence-electron chi connectivity index (χ3n) is 5.68. The molecule has 0 saturated heterocycles. The monoisotopic (exact) mass is 403 g/mol. The quantitative estimate of drug-likeness (QED) is 0.403. The number of aryl methyl sites for hydroxylation is 1. The van der Waals surface area contributed by atoms with E-state index in [-0.39, 0.29) is 5.78 Å². The number of carbonyl (C=O) groups is 1. The van der Waals surface area contributed by atoms with Crippen LogP contribution >= 0.6 is 0 Å². The van der Waals surface area contributed by atoms with Gasteiger partial charge in [-0.1, -0.05) is 90.5 Å². The van der Waals surface area contributed by atoms with Crippen LogP contribution in [0.3, 0.4) is 0 Å². The summed E-state index contributed by atoms with van der Waals surface area (Å²) in [4.78, 5) is 19.1. The lowest BCUT2D eigenvalue weighted by Crippen LogP contribution is -2.49. The molecule has 0 aromatic heterocycles. The van der Waals surface area contributed by atoms with Crippen molar-refractivity contribution in [3.63, 3.8) is 0 Å². The van der Waals surface area contributed by atoms with E-state index in [4.69, 9.17) is 9.73 Å². The molecule has 150 valence electrons. The highest BCUT2D eigenvalue weighted by Crippen LogP contribution is 2.44. The molecule has 4 aromatic carbocycles. The van der Waals surface area contributed by atoms with E-state index >= 15 is 0 Å². The maximum atomic E-state index is 14.2. The van der Waals surface area contributed by atoms with Gasteiger partial charge in [0.1, 0.15) is 5.75 Å². The van der Waals surface area contributed by atoms with Crippen LogP contribution in [0.5, 0.6) is 5.75 Å². The highest BCUT2D eigenvalue weighted by molar-refractivity contribution is 6.26. The fraction of sp³-hybridized carbons (Fsp3) is 0.0714. The number of ketones is 1. The Morgan fingerprint density at radius 3 is 1.84 bits per heavy atom. The summed E-state index contributed by atoms with van der Waals surface area (Å²) in [5, 5.41) is 0. The summed E-state index contributed by atoms with van der Waals surface area (Å²) in [6.45, 7) is 2.03. The average Bonchev–Trinajstić information content (AvgIpc) is 2.82. The van der Waals surface area contributed by atoms with Gasteiger partial charge in [-0.15, -0.1) is 0 Å². The van der Waals surface area contributed by atoms with Crippen LogP contribution in [0.1, 0.15) is 27.0 Å². The van der Waals surface area contributed by atoms with Crippen molar-refractivity contribution in [1.82, 2.24) is 0 Å². The summed E-state index contributed by atoms with van der Waals surface area (Å²) in [5.74, 6) is 0.961. The number of ether oxygens (including phenoxy) is 1. The second-order valence-corrected chi connectivity index (χ2v) is 7.66. The Morgan fingerprint density at radius 1 is 0.677 bits per heavy atom. The molecule has 3 heteroatoms. The van der Waals surface area contributed by atoms with Crippen molar-refractivity contribution < 1.29 is 9.53 Å². The summed E-state index contributed by atoms with van der Waals surface area (Å²) in [6.07, 6.45) is 0. The SMILES string of the molecule is Cc1ccc(OC2=Nc3ccccc3C(=O)C2(c2ccccc2)c2ccccc2)cc1. The van der Waals surface area contributed by atoms with Crippen LogP contribution in [-0.4, -0.2) is 11.7 Å². The van der Waals surface area contributed by atoms with E-state index in [1.807, 2.05) is 116 Å². The molecule has 0 N–H and O–H groups in total. The predicted octanol–water partition coefficient (Wildman–Crippen LogP) is 6.29. The van der Waals surface area contributed by atoms with E-state index in [0.29, 0.717) is 22.9 Å². The number of benzene rings is 4. The standard InChI is InChI=1S/C28H21NO2/c1-20-16-18-23(19-17-20)31-27-28(21-10-4-2-5-11-21,22-12-6-3-7-13-22)26(30)24-14-8-9-15-25(24)29-27/h2-19H,1H3. The lowest BCUT2D eigenvalue weighted by Gasteiger charge is -2.37. The van der Waals surface area contributed by atoms with Crippen molar-refractivity contribution >= 4 is 17.4 Å². The van der Waals surface area contributed by atoms with Gasteiger partial charge in [0, 0.05) is 5.56 Å². The number of Topliss-reactive ketones (excluding diaryl/α,β-unsaturated/α-hetero) is 1. The number of hydrogen-bond donors (Lipinski definition) is 0. The van der Waals surface area contributed by atoms with Crippen LogP contribution in [0.15, 0.2) is 114 Å². The Morgan fingerprint density at radius 2 is 1.23 bits per heavy atom. The van der Waals surface area contributed by atoms with Crippen LogP contribution < -0.4 is 4.74 Å². The van der Waals surface area contributed by atoms with Gasteiger partial charge in [0.2, 0.25) is 5.90 Å². The van der Waals surface area contributed by atoms with Gasteiger partial charge in [-0.2, -0.15) is 0 Å². The van der Waals surface area contributed by atoms with Gasteiger partial charge >= 0.3 is 0 Å². The third kappa shape index (κ3) is 3.15. The van der Waals surface area contributed by atoms with Crippen LogP contribution in [0.4, 0.5) is 5.69 Å². The number of fused-ring (bicyclic) bond motifs is 1. The Labute approximate surface area is 181 Å². The molecule has 3 nitrogen and oxygen atoms in total. The fourth-order valence-electron chi connectivity index (χ4n) is 4.12. The molecule has 0 amide bonds. The second kappa shape index (κ2) is 7.69. The zero-order chi connectivity index (χ0) is 21.3. The molecule has 0 saturated carbocycles. The van der Waals surface area contributed by atoms with Crippen LogP contribution in [-0.2, 0) is 5.41 Å². The summed E-state index contributed by atoms with van der Waals surface area (Å²) >= 11 is 0. The van der Waals surface area contributed by atoms with Crippen molar-refractivity contribution in [2.45, 2.75) is 12.3 Å². The van der Waals surface area contributed by atoms with Crippen molar-refractivity contribution in [3.05, 3.63) is 131 Å². The highest BCUT2D eigenvalue weighted by atomic mass is 16.5. The number of carbonyl (C=O) groups excluding carboxylic acids is 1. The van der Waals surface area contributed by atoms with Gasteiger partial charge in [0.15, 0.2) is 11.2 Å². The molecule has 1 aliphatic heterocycles. The maximum Gasteiger partial charge on any atom is 0.218 e. The summed E-state index contributed by atoms with van der Waals surface area (Å²) in [6, 6.07) is 34.8. The molecule has 0 bridgehead atoms. The minimum atomic E-state index is -1.18. The van der Waals surface area contributed by atoms with E-state index in [1.165, 1.54) is 0 Å². The Hall–Kier alpha value is -3.98. The highest BCUT2D eigenvalue weighted by Gasteiger charge is 2.51. The number of hydrogen-bond acceptors (Lipinski definition) is 3.